The maximum absolute atomic E-state index is 14.0. The molecule has 0 fully saturated rings. The van der Waals surface area contributed by atoms with Gasteiger partial charge in [0.2, 0.25) is 11.8 Å². The van der Waals surface area contributed by atoms with E-state index in [2.05, 4.69) is 5.32 Å². The van der Waals surface area contributed by atoms with Crippen molar-refractivity contribution in [1.29, 1.82) is 0 Å². The lowest BCUT2D eigenvalue weighted by Gasteiger charge is -2.33. The Balaban J connectivity index is 2.03. The van der Waals surface area contributed by atoms with Crippen molar-refractivity contribution >= 4 is 50.7 Å². The third-order valence-electron chi connectivity index (χ3n) is 6.09. The normalized spacial score (nSPS) is 12.2. The van der Waals surface area contributed by atoms with Gasteiger partial charge in [-0.3, -0.25) is 13.9 Å². The molecule has 1 N–H and O–H groups in total. The molecule has 0 unspecified atom stereocenters. The summed E-state index contributed by atoms with van der Waals surface area (Å²) >= 11 is 12.5. The molecule has 0 saturated heterocycles. The van der Waals surface area contributed by atoms with Gasteiger partial charge in [0.1, 0.15) is 12.6 Å². The molecular formula is C29H33Cl2N3O4S. The molecule has 208 valence electrons. The number of carbonyl (C=O) groups is 2. The Morgan fingerprint density at radius 3 is 2.10 bits per heavy atom. The molecule has 0 aliphatic rings. The topological polar surface area (TPSA) is 86.8 Å². The summed E-state index contributed by atoms with van der Waals surface area (Å²) in [6.45, 7) is 5.18. The van der Waals surface area contributed by atoms with Gasteiger partial charge in [0.25, 0.3) is 10.0 Å². The predicted octanol–water partition coefficient (Wildman–Crippen LogP) is 5.56. The second-order valence-electron chi connectivity index (χ2n) is 9.33. The molecule has 2 amide bonds. The van der Waals surface area contributed by atoms with Crippen LogP contribution in [0.5, 0.6) is 0 Å². The monoisotopic (exact) mass is 589 g/mol. The van der Waals surface area contributed by atoms with Gasteiger partial charge in [-0.2, -0.15) is 0 Å². The lowest BCUT2D eigenvalue weighted by atomic mass is 10.1. The Morgan fingerprint density at radius 1 is 0.923 bits per heavy atom. The summed E-state index contributed by atoms with van der Waals surface area (Å²) in [7, 11) is -4.20. The van der Waals surface area contributed by atoms with E-state index in [9.17, 15) is 18.0 Å². The van der Waals surface area contributed by atoms with Gasteiger partial charge in [0, 0.05) is 17.6 Å². The second kappa shape index (κ2) is 13.8. The number of nitrogens with zero attached hydrogens (tertiary/aromatic N) is 2. The third kappa shape index (κ3) is 7.97. The van der Waals surface area contributed by atoms with Crippen molar-refractivity contribution < 1.29 is 18.0 Å². The average Bonchev–Trinajstić information content (AvgIpc) is 2.90. The number of carbonyl (C=O) groups excluding carboxylic acids is 2. The van der Waals surface area contributed by atoms with E-state index in [0.717, 1.165) is 9.87 Å². The highest BCUT2D eigenvalue weighted by Crippen LogP contribution is 2.33. The quantitative estimate of drug-likeness (QED) is 0.299. The third-order valence-corrected chi connectivity index (χ3v) is 8.40. The predicted molar refractivity (Wildman–Crippen MR) is 157 cm³/mol. The van der Waals surface area contributed by atoms with Crippen LogP contribution in [0.3, 0.4) is 0 Å². The zero-order chi connectivity index (χ0) is 28.6. The minimum atomic E-state index is -4.20. The maximum Gasteiger partial charge on any atom is 0.264 e. The van der Waals surface area contributed by atoms with Crippen LogP contribution in [-0.2, 0) is 26.0 Å². The molecule has 0 aromatic heterocycles. The van der Waals surface area contributed by atoms with Crippen molar-refractivity contribution in [1.82, 2.24) is 10.2 Å². The minimum absolute atomic E-state index is 0.00393. The van der Waals surface area contributed by atoms with E-state index in [4.69, 9.17) is 23.2 Å². The zero-order valence-corrected chi connectivity index (χ0v) is 24.5. The van der Waals surface area contributed by atoms with Crippen molar-refractivity contribution in [2.75, 3.05) is 17.4 Å². The molecule has 10 heteroatoms. The number of amides is 2. The Hall–Kier alpha value is -3.07. The van der Waals surface area contributed by atoms with E-state index in [1.807, 2.05) is 51.1 Å². The molecule has 0 bridgehead atoms. The number of rotatable bonds is 12. The van der Waals surface area contributed by atoms with Gasteiger partial charge in [-0.15, -0.1) is 0 Å². The van der Waals surface area contributed by atoms with Crippen molar-refractivity contribution in [3.8, 4) is 0 Å². The molecule has 0 heterocycles. The molecular weight excluding hydrogens is 557 g/mol. The number of hydrogen-bond donors (Lipinski definition) is 1. The first-order valence-corrected chi connectivity index (χ1v) is 14.9. The first kappa shape index (κ1) is 30.5. The summed E-state index contributed by atoms with van der Waals surface area (Å²) in [6, 6.07) is 20.9. The number of anilines is 1. The molecule has 1 atom stereocenters. The zero-order valence-electron chi connectivity index (χ0n) is 22.2. The van der Waals surface area contributed by atoms with Crippen LogP contribution in [-0.4, -0.2) is 50.3 Å². The summed E-state index contributed by atoms with van der Waals surface area (Å²) in [4.78, 5) is 28.6. The van der Waals surface area contributed by atoms with Gasteiger partial charge in [0.05, 0.1) is 15.6 Å². The van der Waals surface area contributed by atoms with Crippen LogP contribution < -0.4 is 9.62 Å². The lowest BCUT2D eigenvalue weighted by molar-refractivity contribution is -0.139. The molecule has 0 spiro atoms. The number of benzene rings is 3. The largest absolute Gasteiger partial charge is 0.352 e. The molecule has 39 heavy (non-hydrogen) atoms. The average molecular weight is 591 g/mol. The Kier molecular flexibility index (Phi) is 10.8. The molecule has 0 radical (unpaired) electrons. The van der Waals surface area contributed by atoms with Crippen molar-refractivity contribution in [3.63, 3.8) is 0 Å². The highest BCUT2D eigenvalue weighted by Gasteiger charge is 2.34. The van der Waals surface area contributed by atoms with Crippen molar-refractivity contribution in [2.24, 2.45) is 0 Å². The van der Waals surface area contributed by atoms with Gasteiger partial charge in [0.15, 0.2) is 0 Å². The molecule has 0 aliphatic heterocycles. The fourth-order valence-electron chi connectivity index (χ4n) is 4.19. The van der Waals surface area contributed by atoms with Crippen molar-refractivity contribution in [3.05, 3.63) is 94.5 Å². The van der Waals surface area contributed by atoms with E-state index in [1.54, 1.807) is 18.2 Å². The van der Waals surface area contributed by atoms with Crippen LogP contribution in [0.1, 0.15) is 32.8 Å². The lowest BCUT2D eigenvalue weighted by Crippen LogP contribution is -2.54. The molecule has 3 aromatic rings. The fourth-order valence-corrected chi connectivity index (χ4v) is 6.21. The number of halogens is 2. The van der Waals surface area contributed by atoms with Crippen LogP contribution in [0.4, 0.5) is 5.69 Å². The summed E-state index contributed by atoms with van der Waals surface area (Å²) in [5.41, 5.74) is 1.10. The van der Waals surface area contributed by atoms with E-state index < -0.39 is 28.5 Å². The van der Waals surface area contributed by atoms with Gasteiger partial charge in [-0.1, -0.05) is 78.7 Å². The highest BCUT2D eigenvalue weighted by atomic mass is 35.5. The van der Waals surface area contributed by atoms with Crippen LogP contribution in [0.25, 0.3) is 0 Å². The standard InChI is InChI=1S/C29H33Cl2N3O4S/c1-4-26(29(36)32-21(2)3)33(18-17-22-11-7-5-8-12-22)28(35)20-34(27-16-15-23(30)19-25(27)31)39(37,38)24-13-9-6-10-14-24/h5-16,19,21,26H,4,17-18,20H2,1-3H3,(H,32,36)/t26-/m1/s1. The van der Waals surface area contributed by atoms with Crippen LogP contribution in [0.2, 0.25) is 10.0 Å². The summed E-state index contributed by atoms with van der Waals surface area (Å²) in [6.07, 6.45) is 0.845. The highest BCUT2D eigenvalue weighted by molar-refractivity contribution is 7.92. The summed E-state index contributed by atoms with van der Waals surface area (Å²) in [5, 5.41) is 3.29. The number of hydrogen-bond acceptors (Lipinski definition) is 4. The Morgan fingerprint density at radius 2 is 1.54 bits per heavy atom. The van der Waals surface area contributed by atoms with Crippen LogP contribution in [0, 0.1) is 0 Å². The second-order valence-corrected chi connectivity index (χ2v) is 12.0. The minimum Gasteiger partial charge on any atom is -0.352 e. The molecule has 3 rings (SSSR count). The molecule has 0 saturated carbocycles. The SMILES string of the molecule is CC[C@H](C(=O)NC(C)C)N(CCc1ccccc1)C(=O)CN(c1ccc(Cl)cc1Cl)S(=O)(=O)c1ccccc1. The molecule has 3 aromatic carbocycles. The van der Waals surface area contributed by atoms with E-state index in [-0.39, 0.29) is 34.1 Å². The van der Waals surface area contributed by atoms with Crippen molar-refractivity contribution in [2.45, 2.75) is 50.6 Å². The van der Waals surface area contributed by atoms with E-state index in [1.165, 1.54) is 35.2 Å². The Labute approximate surface area is 240 Å². The number of sulfonamides is 1. The van der Waals surface area contributed by atoms with Gasteiger partial charge >= 0.3 is 0 Å². The first-order chi connectivity index (χ1) is 18.5. The Bertz CT molecular complexity index is 1370. The molecule has 0 aliphatic carbocycles. The van der Waals surface area contributed by atoms with E-state index in [0.29, 0.717) is 17.9 Å². The summed E-state index contributed by atoms with van der Waals surface area (Å²) < 4.78 is 28.6. The van der Waals surface area contributed by atoms with Gasteiger partial charge in [-0.25, -0.2) is 8.42 Å². The smallest absolute Gasteiger partial charge is 0.264 e. The number of nitrogens with one attached hydrogen (secondary N) is 1. The van der Waals surface area contributed by atoms with Crippen LogP contribution in [0.15, 0.2) is 83.8 Å². The fraction of sp³-hybridized carbons (Fsp3) is 0.310. The van der Waals surface area contributed by atoms with Gasteiger partial charge in [-0.05, 0) is 62.6 Å². The van der Waals surface area contributed by atoms with Gasteiger partial charge < -0.3 is 10.2 Å². The molecule has 7 nitrogen and oxygen atoms in total. The van der Waals surface area contributed by atoms with Crippen LogP contribution >= 0.6 is 23.2 Å². The maximum atomic E-state index is 14.0. The summed E-state index contributed by atoms with van der Waals surface area (Å²) in [5.74, 6) is -0.821. The first-order valence-electron chi connectivity index (χ1n) is 12.7. The van der Waals surface area contributed by atoms with E-state index >= 15 is 0 Å².